The Morgan fingerprint density at radius 2 is 2.25 bits per heavy atom. The van der Waals surface area contributed by atoms with Crippen LogP contribution in [0.2, 0.25) is 0 Å². The maximum Gasteiger partial charge on any atom is 0.226 e. The largest absolute Gasteiger partial charge is 0.459 e. The molecule has 2 aromatic rings. The molecule has 0 spiro atoms. The van der Waals surface area contributed by atoms with Crippen LogP contribution in [0.25, 0.3) is 10.8 Å². The Bertz CT molecular complexity index is 662. The molecule has 2 aromatic heterocycles. The number of carbonyl (C=O) groups is 1. The predicted molar refractivity (Wildman–Crippen MR) is 98.1 cm³/mol. The number of furan rings is 1. The first-order chi connectivity index (χ1) is 10.6. The van der Waals surface area contributed by atoms with Crippen molar-refractivity contribution < 1.29 is 14.3 Å². The van der Waals surface area contributed by atoms with Gasteiger partial charge in [0.2, 0.25) is 5.91 Å². The van der Waals surface area contributed by atoms with Crippen molar-refractivity contribution in [3.8, 4) is 10.8 Å². The molecule has 0 saturated carbocycles. The summed E-state index contributed by atoms with van der Waals surface area (Å²) in [5, 5.41) is 18.3. The molecule has 6 nitrogen and oxygen atoms in total. The van der Waals surface area contributed by atoms with E-state index >= 15 is 0 Å². The number of carbonyl (C=O) groups excluding carboxylic acids is 1. The predicted octanol–water partition coefficient (Wildman–Crippen LogP) is 1.79. The summed E-state index contributed by atoms with van der Waals surface area (Å²) in [6, 6.07) is 3.77. The maximum atomic E-state index is 12.0. The minimum atomic E-state index is -0.381. The normalized spacial score (nSPS) is 19.4. The summed E-state index contributed by atoms with van der Waals surface area (Å²) in [5.74, 6) is 1.58. The van der Waals surface area contributed by atoms with Gasteiger partial charge in [0.1, 0.15) is 5.76 Å². The number of aliphatic hydroxyl groups is 1. The third-order valence-corrected chi connectivity index (χ3v) is 4.62. The van der Waals surface area contributed by atoms with Gasteiger partial charge in [-0.15, -0.1) is 36.2 Å². The fourth-order valence-electron chi connectivity index (χ4n) is 2.45. The Balaban J connectivity index is 0.00000144. The molecule has 3 rings (SSSR count). The van der Waals surface area contributed by atoms with E-state index < -0.39 is 0 Å². The number of aliphatic hydroxyl groups excluding tert-OH is 1. The van der Waals surface area contributed by atoms with Gasteiger partial charge >= 0.3 is 0 Å². The lowest BCUT2D eigenvalue weighted by atomic mass is 10.1. The number of hydrogen-bond donors (Lipinski definition) is 3. The topological polar surface area (TPSA) is 87.4 Å². The molecule has 3 heterocycles. The maximum absolute atomic E-state index is 12.0. The van der Waals surface area contributed by atoms with Gasteiger partial charge in [0, 0.05) is 30.9 Å². The number of nitrogens with zero attached hydrogens (tertiary/aromatic N) is 1. The lowest BCUT2D eigenvalue weighted by molar-refractivity contribution is -0.120. The number of hydrogen-bond acceptors (Lipinski definition) is 6. The molecule has 3 N–H and O–H groups in total. The van der Waals surface area contributed by atoms with Crippen LogP contribution < -0.4 is 10.6 Å². The van der Waals surface area contributed by atoms with Gasteiger partial charge in [-0.1, -0.05) is 0 Å². The average Bonchev–Trinajstić information content (AvgIpc) is 3.18. The number of aryl methyl sites for hydroxylation is 1. The van der Waals surface area contributed by atoms with Gasteiger partial charge in [-0.3, -0.25) is 4.79 Å². The van der Waals surface area contributed by atoms with E-state index in [1.807, 2.05) is 24.4 Å². The molecule has 0 radical (unpaired) electrons. The van der Waals surface area contributed by atoms with E-state index in [9.17, 15) is 9.90 Å². The Labute approximate surface area is 156 Å². The molecule has 1 amide bonds. The number of thiazole rings is 1. The minimum Gasteiger partial charge on any atom is -0.459 e. The molecule has 1 aliphatic heterocycles. The monoisotopic (exact) mass is 393 g/mol. The number of halogens is 2. The minimum absolute atomic E-state index is 0. The number of amides is 1. The van der Waals surface area contributed by atoms with Gasteiger partial charge in [-0.05, 0) is 19.1 Å². The molecule has 1 fully saturated rings. The van der Waals surface area contributed by atoms with E-state index in [1.165, 1.54) is 11.3 Å². The van der Waals surface area contributed by atoms with Crippen LogP contribution in [0.5, 0.6) is 0 Å². The highest BCUT2D eigenvalue weighted by atomic mass is 35.5. The van der Waals surface area contributed by atoms with Crippen molar-refractivity contribution in [3.63, 3.8) is 0 Å². The highest BCUT2D eigenvalue weighted by molar-refractivity contribution is 7.13. The molecule has 0 aliphatic carbocycles. The molecular formula is C15H21Cl2N3O3S. The Morgan fingerprint density at radius 3 is 2.88 bits per heavy atom. The van der Waals surface area contributed by atoms with Crippen molar-refractivity contribution in [2.75, 3.05) is 19.6 Å². The van der Waals surface area contributed by atoms with Crippen LogP contribution in [-0.2, 0) is 11.2 Å². The summed E-state index contributed by atoms with van der Waals surface area (Å²) < 4.78 is 5.53. The van der Waals surface area contributed by atoms with Gasteiger partial charge in [-0.25, -0.2) is 4.98 Å². The Kier molecular flexibility index (Phi) is 8.18. The number of aromatic nitrogens is 1. The van der Waals surface area contributed by atoms with E-state index in [2.05, 4.69) is 15.6 Å². The van der Waals surface area contributed by atoms with Crippen LogP contribution in [0.15, 0.2) is 21.9 Å². The van der Waals surface area contributed by atoms with Crippen LogP contribution in [-0.4, -0.2) is 41.7 Å². The summed E-state index contributed by atoms with van der Waals surface area (Å²) in [6.07, 6.45) is -0.139. The van der Waals surface area contributed by atoms with Crippen LogP contribution in [0, 0.1) is 12.8 Å². The molecule has 2 unspecified atom stereocenters. The molecule has 24 heavy (non-hydrogen) atoms. The van der Waals surface area contributed by atoms with Gasteiger partial charge < -0.3 is 20.2 Å². The second-order valence-corrected chi connectivity index (χ2v) is 6.38. The first kappa shape index (κ1) is 20.9. The lowest BCUT2D eigenvalue weighted by Crippen LogP contribution is -2.35. The zero-order chi connectivity index (χ0) is 15.5. The van der Waals surface area contributed by atoms with E-state index in [0.717, 1.165) is 28.8 Å². The summed E-state index contributed by atoms with van der Waals surface area (Å²) in [5.41, 5.74) is 0.733. The average molecular weight is 394 g/mol. The van der Waals surface area contributed by atoms with Crippen LogP contribution in [0.1, 0.15) is 11.5 Å². The van der Waals surface area contributed by atoms with Crippen LogP contribution >= 0.6 is 36.2 Å². The third-order valence-electron chi connectivity index (χ3n) is 3.71. The second-order valence-electron chi connectivity index (χ2n) is 5.52. The first-order valence-corrected chi connectivity index (χ1v) is 8.16. The second kappa shape index (κ2) is 9.39. The summed E-state index contributed by atoms with van der Waals surface area (Å²) in [4.78, 5) is 16.4. The zero-order valence-electron chi connectivity index (χ0n) is 13.2. The van der Waals surface area contributed by atoms with Crippen molar-refractivity contribution >= 4 is 42.1 Å². The fraction of sp³-hybridized carbons (Fsp3) is 0.467. The summed E-state index contributed by atoms with van der Waals surface area (Å²) in [6.45, 7) is 3.71. The highest BCUT2D eigenvalue weighted by Crippen LogP contribution is 2.25. The Hall–Kier alpha value is -1.12. The standard InChI is InChI=1S/C15H19N3O3S.2ClH/c1-9-2-3-13(21-9)15-18-11(8-22-15)4-14(20)17-6-10-5-16-7-12(10)19;;/h2-3,8,10,12,16,19H,4-7H2,1H3,(H,17,20);2*1H. The van der Waals surface area contributed by atoms with Crippen LogP contribution in [0.4, 0.5) is 0 Å². The molecule has 134 valence electrons. The summed E-state index contributed by atoms with van der Waals surface area (Å²) in [7, 11) is 0. The lowest BCUT2D eigenvalue weighted by Gasteiger charge is -2.13. The molecule has 9 heteroatoms. The van der Waals surface area contributed by atoms with Crippen LogP contribution in [0.3, 0.4) is 0 Å². The van der Waals surface area contributed by atoms with Crippen molar-refractivity contribution in [1.82, 2.24) is 15.6 Å². The fourth-order valence-corrected chi connectivity index (χ4v) is 3.23. The van der Waals surface area contributed by atoms with E-state index in [-0.39, 0.29) is 49.2 Å². The molecule has 1 saturated heterocycles. The van der Waals surface area contributed by atoms with Crippen molar-refractivity contribution in [2.24, 2.45) is 5.92 Å². The molecule has 2 atom stereocenters. The van der Waals surface area contributed by atoms with Crippen molar-refractivity contribution in [1.29, 1.82) is 0 Å². The highest BCUT2D eigenvalue weighted by Gasteiger charge is 2.25. The van der Waals surface area contributed by atoms with Gasteiger partial charge in [-0.2, -0.15) is 0 Å². The number of rotatable bonds is 5. The zero-order valence-corrected chi connectivity index (χ0v) is 15.6. The molecular weight excluding hydrogens is 373 g/mol. The summed E-state index contributed by atoms with van der Waals surface area (Å²) >= 11 is 1.47. The van der Waals surface area contributed by atoms with E-state index in [0.29, 0.717) is 13.1 Å². The Morgan fingerprint density at radius 1 is 1.46 bits per heavy atom. The van der Waals surface area contributed by atoms with Crippen molar-refractivity contribution in [3.05, 3.63) is 29.0 Å². The first-order valence-electron chi connectivity index (χ1n) is 7.28. The number of nitrogens with one attached hydrogen (secondary N) is 2. The molecule has 0 bridgehead atoms. The molecule has 1 aliphatic rings. The molecule has 0 aromatic carbocycles. The smallest absolute Gasteiger partial charge is 0.226 e. The number of β-amino-alcohol motifs (C(OH)–C–C–N with tert-alkyl or cyclic N) is 1. The third kappa shape index (κ3) is 5.19. The van der Waals surface area contributed by atoms with E-state index in [4.69, 9.17) is 4.42 Å². The van der Waals surface area contributed by atoms with Gasteiger partial charge in [0.25, 0.3) is 0 Å². The van der Waals surface area contributed by atoms with Crippen molar-refractivity contribution in [2.45, 2.75) is 19.4 Å². The van der Waals surface area contributed by atoms with E-state index in [1.54, 1.807) is 0 Å². The quantitative estimate of drug-likeness (QED) is 0.720. The van der Waals surface area contributed by atoms with Gasteiger partial charge in [0.15, 0.2) is 10.8 Å². The SMILES string of the molecule is Cc1ccc(-c2nc(CC(=O)NCC3CNCC3O)cs2)o1.Cl.Cl. The van der Waals surface area contributed by atoms with Gasteiger partial charge in [0.05, 0.1) is 18.2 Å².